The summed E-state index contributed by atoms with van der Waals surface area (Å²) in [7, 11) is 0. The summed E-state index contributed by atoms with van der Waals surface area (Å²) in [6, 6.07) is 2.45. The molecule has 1 saturated carbocycles. The van der Waals surface area contributed by atoms with E-state index >= 15 is 0 Å². The van der Waals surface area contributed by atoms with Crippen LogP contribution >= 0.6 is 0 Å². The van der Waals surface area contributed by atoms with Crippen LogP contribution in [0.1, 0.15) is 43.0 Å². The number of aliphatic carboxylic acids is 1. The van der Waals surface area contributed by atoms with E-state index in [1.54, 1.807) is 6.92 Å². The Balaban J connectivity index is 2.03. The smallest absolute Gasteiger partial charge is 0.422 e. The maximum absolute atomic E-state index is 12.3. The molecule has 0 aliphatic heterocycles. The number of carbonyl (C=O) groups is 2. The van der Waals surface area contributed by atoms with E-state index in [9.17, 15) is 27.9 Å². The van der Waals surface area contributed by atoms with Gasteiger partial charge in [-0.3, -0.25) is 9.59 Å². The van der Waals surface area contributed by atoms with Crippen molar-refractivity contribution < 1.29 is 32.6 Å². The summed E-state index contributed by atoms with van der Waals surface area (Å²) in [6.07, 6.45) is -0.759. The van der Waals surface area contributed by atoms with Crippen molar-refractivity contribution in [1.82, 2.24) is 10.3 Å². The molecule has 25 heavy (non-hydrogen) atoms. The molecule has 0 radical (unpaired) electrons. The number of ether oxygens (including phenoxy) is 1. The fourth-order valence-corrected chi connectivity index (χ4v) is 2.97. The molecule has 1 aliphatic carbocycles. The SMILES string of the molecule is CC1(NC(=O)c2ccc(OCC(F)(F)F)nc2)CCCCC1C(=O)O. The van der Waals surface area contributed by atoms with Crippen molar-refractivity contribution in [2.75, 3.05) is 6.61 Å². The van der Waals surface area contributed by atoms with Crippen LogP contribution in [-0.4, -0.2) is 40.3 Å². The van der Waals surface area contributed by atoms with Gasteiger partial charge in [-0.25, -0.2) is 4.98 Å². The molecule has 1 aromatic heterocycles. The van der Waals surface area contributed by atoms with Crippen molar-refractivity contribution in [3.8, 4) is 5.88 Å². The average Bonchev–Trinajstić information content (AvgIpc) is 2.52. The molecule has 1 heterocycles. The standard InChI is InChI=1S/C16H19F3N2O4/c1-15(7-3-2-4-11(15)14(23)24)21-13(22)10-5-6-12(20-8-10)25-9-16(17,18)19/h5-6,8,11H,2-4,7,9H2,1H3,(H,21,22)(H,23,24). The largest absolute Gasteiger partial charge is 0.481 e. The predicted octanol–water partition coefficient (Wildman–Crippen LogP) is 2.79. The van der Waals surface area contributed by atoms with Gasteiger partial charge in [0.2, 0.25) is 5.88 Å². The highest BCUT2D eigenvalue weighted by Gasteiger charge is 2.42. The molecule has 1 aliphatic rings. The van der Waals surface area contributed by atoms with E-state index in [-0.39, 0.29) is 11.4 Å². The van der Waals surface area contributed by atoms with Crippen molar-refractivity contribution in [3.05, 3.63) is 23.9 Å². The second-order valence-electron chi connectivity index (χ2n) is 6.30. The van der Waals surface area contributed by atoms with Crippen LogP contribution in [0.5, 0.6) is 5.88 Å². The summed E-state index contributed by atoms with van der Waals surface area (Å²) in [6.45, 7) is 0.223. The zero-order valence-electron chi connectivity index (χ0n) is 13.6. The van der Waals surface area contributed by atoms with E-state index in [1.807, 2.05) is 0 Å². The zero-order valence-corrected chi connectivity index (χ0v) is 13.6. The molecule has 6 nitrogen and oxygen atoms in total. The van der Waals surface area contributed by atoms with E-state index in [2.05, 4.69) is 15.0 Å². The molecule has 0 aromatic carbocycles. The number of carbonyl (C=O) groups excluding carboxylic acids is 1. The van der Waals surface area contributed by atoms with Gasteiger partial charge in [0.05, 0.1) is 17.0 Å². The van der Waals surface area contributed by atoms with Crippen LogP contribution < -0.4 is 10.1 Å². The lowest BCUT2D eigenvalue weighted by atomic mass is 9.74. The molecule has 138 valence electrons. The Labute approximate surface area is 142 Å². The lowest BCUT2D eigenvalue weighted by Gasteiger charge is -2.39. The van der Waals surface area contributed by atoms with Crippen LogP contribution in [-0.2, 0) is 4.79 Å². The lowest BCUT2D eigenvalue weighted by molar-refractivity contribution is -0.154. The Morgan fingerprint density at radius 2 is 2.12 bits per heavy atom. The molecule has 0 bridgehead atoms. The van der Waals surface area contributed by atoms with Crippen LogP contribution in [0.3, 0.4) is 0 Å². The van der Waals surface area contributed by atoms with Crippen molar-refractivity contribution in [2.24, 2.45) is 5.92 Å². The molecular formula is C16H19F3N2O4. The molecule has 1 amide bonds. The highest BCUT2D eigenvalue weighted by Crippen LogP contribution is 2.34. The summed E-state index contributed by atoms with van der Waals surface area (Å²) < 4.78 is 40.7. The number of rotatable bonds is 5. The van der Waals surface area contributed by atoms with E-state index in [0.29, 0.717) is 12.8 Å². The van der Waals surface area contributed by atoms with Gasteiger partial charge in [0.25, 0.3) is 5.91 Å². The number of hydrogen-bond acceptors (Lipinski definition) is 4. The van der Waals surface area contributed by atoms with Gasteiger partial charge in [-0.1, -0.05) is 12.8 Å². The molecule has 0 saturated heterocycles. The minimum absolute atomic E-state index is 0.121. The van der Waals surface area contributed by atoms with Crippen LogP contribution in [0.15, 0.2) is 18.3 Å². The Morgan fingerprint density at radius 1 is 1.40 bits per heavy atom. The highest BCUT2D eigenvalue weighted by atomic mass is 19.4. The van der Waals surface area contributed by atoms with Gasteiger partial charge < -0.3 is 15.2 Å². The number of nitrogens with zero attached hydrogens (tertiary/aromatic N) is 1. The molecule has 2 N–H and O–H groups in total. The number of amides is 1. The van der Waals surface area contributed by atoms with Gasteiger partial charge in [0.15, 0.2) is 6.61 Å². The van der Waals surface area contributed by atoms with Crippen LogP contribution in [0.2, 0.25) is 0 Å². The van der Waals surface area contributed by atoms with Crippen molar-refractivity contribution >= 4 is 11.9 Å². The minimum Gasteiger partial charge on any atom is -0.481 e. The summed E-state index contributed by atoms with van der Waals surface area (Å²) in [4.78, 5) is 27.4. The second-order valence-corrected chi connectivity index (χ2v) is 6.30. The van der Waals surface area contributed by atoms with Gasteiger partial charge in [0, 0.05) is 12.3 Å². The average molecular weight is 360 g/mol. The zero-order chi connectivity index (χ0) is 18.7. The van der Waals surface area contributed by atoms with Crippen molar-refractivity contribution in [1.29, 1.82) is 0 Å². The monoisotopic (exact) mass is 360 g/mol. The minimum atomic E-state index is -4.47. The van der Waals surface area contributed by atoms with E-state index < -0.39 is 36.1 Å². The number of alkyl halides is 3. The Hall–Kier alpha value is -2.32. The lowest BCUT2D eigenvalue weighted by Crippen LogP contribution is -2.55. The van der Waals surface area contributed by atoms with E-state index in [1.165, 1.54) is 12.1 Å². The van der Waals surface area contributed by atoms with E-state index in [0.717, 1.165) is 19.0 Å². The quantitative estimate of drug-likeness (QED) is 0.843. The maximum atomic E-state index is 12.3. The Morgan fingerprint density at radius 3 is 2.68 bits per heavy atom. The van der Waals surface area contributed by atoms with Gasteiger partial charge in [-0.05, 0) is 25.8 Å². The molecule has 2 atom stereocenters. The number of hydrogen-bond donors (Lipinski definition) is 2. The number of aromatic nitrogens is 1. The van der Waals surface area contributed by atoms with Crippen molar-refractivity contribution in [2.45, 2.75) is 44.3 Å². The third-order valence-corrected chi connectivity index (χ3v) is 4.29. The Kier molecular flexibility index (Phi) is 5.54. The number of carboxylic acids is 1. The van der Waals surface area contributed by atoms with Crippen LogP contribution in [0, 0.1) is 5.92 Å². The first-order valence-corrected chi connectivity index (χ1v) is 7.82. The number of halogens is 3. The first-order valence-electron chi connectivity index (χ1n) is 7.82. The second kappa shape index (κ2) is 7.28. The summed E-state index contributed by atoms with van der Waals surface area (Å²) in [5, 5.41) is 12.1. The van der Waals surface area contributed by atoms with Crippen molar-refractivity contribution in [3.63, 3.8) is 0 Å². The van der Waals surface area contributed by atoms with Gasteiger partial charge >= 0.3 is 12.1 Å². The molecule has 0 spiro atoms. The summed E-state index contributed by atoms with van der Waals surface area (Å²) >= 11 is 0. The Bertz CT molecular complexity index is 633. The molecule has 2 rings (SSSR count). The topological polar surface area (TPSA) is 88.5 Å². The third kappa shape index (κ3) is 5.07. The first-order chi connectivity index (χ1) is 11.6. The number of nitrogens with one attached hydrogen (secondary N) is 1. The molecular weight excluding hydrogens is 341 g/mol. The molecule has 9 heteroatoms. The fourth-order valence-electron chi connectivity index (χ4n) is 2.97. The van der Waals surface area contributed by atoms with Crippen LogP contribution in [0.25, 0.3) is 0 Å². The molecule has 1 aromatic rings. The maximum Gasteiger partial charge on any atom is 0.422 e. The predicted molar refractivity (Wildman–Crippen MR) is 81.3 cm³/mol. The van der Waals surface area contributed by atoms with Crippen LogP contribution in [0.4, 0.5) is 13.2 Å². The summed E-state index contributed by atoms with van der Waals surface area (Å²) in [5.74, 6) is -2.42. The normalized spacial score (nSPS) is 23.8. The van der Waals surface area contributed by atoms with E-state index in [4.69, 9.17) is 0 Å². The molecule has 2 unspecified atom stereocenters. The first kappa shape index (κ1) is 19.0. The third-order valence-electron chi connectivity index (χ3n) is 4.29. The number of pyridine rings is 1. The number of carboxylic acid groups (broad SMARTS) is 1. The fraction of sp³-hybridized carbons (Fsp3) is 0.562. The van der Waals surface area contributed by atoms with Gasteiger partial charge in [-0.15, -0.1) is 0 Å². The van der Waals surface area contributed by atoms with Gasteiger partial charge in [0.1, 0.15) is 0 Å². The summed E-state index contributed by atoms with van der Waals surface area (Å²) in [5.41, 5.74) is -0.762. The highest BCUT2D eigenvalue weighted by molar-refractivity contribution is 5.94. The van der Waals surface area contributed by atoms with Gasteiger partial charge in [-0.2, -0.15) is 13.2 Å². The molecule has 1 fully saturated rings.